The van der Waals surface area contributed by atoms with E-state index in [1.165, 1.54) is 0 Å². The lowest BCUT2D eigenvalue weighted by molar-refractivity contribution is 0.428. The average Bonchev–Trinajstić information content (AvgIpc) is 2.96. The number of benzene rings is 1. The minimum absolute atomic E-state index is 0.849. The maximum absolute atomic E-state index is 5.19. The molecule has 0 amide bonds. The molecule has 20 heavy (non-hydrogen) atoms. The van der Waals surface area contributed by atoms with Crippen LogP contribution < -0.4 is 10.2 Å². The third-order valence-electron chi connectivity index (χ3n) is 3.67. The number of anilines is 1. The van der Waals surface area contributed by atoms with Gasteiger partial charge in [0.05, 0.1) is 10.9 Å². The molecule has 2 aromatic heterocycles. The largest absolute Gasteiger partial charge is 0.363 e. The Morgan fingerprint density at radius 3 is 2.90 bits per heavy atom. The van der Waals surface area contributed by atoms with Gasteiger partial charge in [-0.15, -0.1) is 0 Å². The molecule has 3 heterocycles. The summed E-state index contributed by atoms with van der Waals surface area (Å²) >= 11 is 3.51. The van der Waals surface area contributed by atoms with Crippen LogP contribution in [0, 0.1) is 0 Å². The van der Waals surface area contributed by atoms with Gasteiger partial charge in [-0.05, 0) is 12.1 Å². The molecule has 0 saturated carbocycles. The van der Waals surface area contributed by atoms with E-state index >= 15 is 0 Å². The Morgan fingerprint density at radius 1 is 1.20 bits per heavy atom. The Hall–Kier alpha value is -1.66. The monoisotopic (exact) mass is 332 g/mol. The van der Waals surface area contributed by atoms with Crippen molar-refractivity contribution in [2.75, 3.05) is 31.1 Å². The van der Waals surface area contributed by atoms with Crippen molar-refractivity contribution in [1.82, 2.24) is 15.5 Å². The fourth-order valence-electron chi connectivity index (χ4n) is 2.68. The molecule has 4 rings (SSSR count). The fourth-order valence-corrected chi connectivity index (χ4v) is 3.03. The van der Waals surface area contributed by atoms with Gasteiger partial charge in [0, 0.05) is 36.0 Å². The first-order chi connectivity index (χ1) is 9.83. The summed E-state index contributed by atoms with van der Waals surface area (Å²) < 4.78 is 6.22. The molecule has 6 heteroatoms. The molecule has 102 valence electrons. The number of aromatic nitrogens is 2. The Kier molecular flexibility index (Phi) is 2.85. The van der Waals surface area contributed by atoms with Crippen LogP contribution in [-0.2, 0) is 0 Å². The van der Waals surface area contributed by atoms with Gasteiger partial charge in [0.1, 0.15) is 6.26 Å². The first-order valence-electron chi connectivity index (χ1n) is 6.62. The Morgan fingerprint density at radius 2 is 2.05 bits per heavy atom. The molecular weight excluding hydrogens is 320 g/mol. The van der Waals surface area contributed by atoms with Crippen LogP contribution in [0.3, 0.4) is 0 Å². The van der Waals surface area contributed by atoms with Gasteiger partial charge in [0.25, 0.3) is 0 Å². The molecule has 1 N–H and O–H groups in total. The molecule has 0 spiro atoms. The number of nitrogens with one attached hydrogen (secondary N) is 1. The molecule has 1 fully saturated rings. The highest BCUT2D eigenvalue weighted by Crippen LogP contribution is 2.31. The summed E-state index contributed by atoms with van der Waals surface area (Å²) in [5.41, 5.74) is 1.81. The average molecular weight is 333 g/mol. The molecule has 0 unspecified atom stereocenters. The third-order valence-corrected chi connectivity index (χ3v) is 4.17. The lowest BCUT2D eigenvalue weighted by Gasteiger charge is -2.28. The van der Waals surface area contributed by atoms with Gasteiger partial charge in [-0.3, -0.25) is 0 Å². The topological polar surface area (TPSA) is 54.2 Å². The van der Waals surface area contributed by atoms with Crippen molar-refractivity contribution in [1.29, 1.82) is 0 Å². The normalized spacial score (nSPS) is 16.1. The van der Waals surface area contributed by atoms with Crippen LogP contribution in [-0.4, -0.2) is 36.3 Å². The predicted octanol–water partition coefficient (Wildman–Crippen LogP) is 2.55. The number of pyridine rings is 1. The molecule has 0 aliphatic carbocycles. The predicted molar refractivity (Wildman–Crippen MR) is 82.1 cm³/mol. The van der Waals surface area contributed by atoms with E-state index in [9.17, 15) is 0 Å². The number of halogens is 1. The first-order valence-corrected chi connectivity index (χ1v) is 7.41. The van der Waals surface area contributed by atoms with Crippen molar-refractivity contribution < 1.29 is 4.52 Å². The second-order valence-electron chi connectivity index (χ2n) is 4.91. The van der Waals surface area contributed by atoms with Crippen molar-refractivity contribution >= 4 is 43.6 Å². The van der Waals surface area contributed by atoms with Gasteiger partial charge in [-0.25, -0.2) is 4.98 Å². The summed E-state index contributed by atoms with van der Waals surface area (Å²) in [5.74, 6) is 0.917. The van der Waals surface area contributed by atoms with Gasteiger partial charge in [-0.2, -0.15) is 0 Å². The van der Waals surface area contributed by atoms with E-state index in [4.69, 9.17) is 9.51 Å². The zero-order valence-electron chi connectivity index (χ0n) is 10.8. The molecule has 1 aliphatic rings. The Labute approximate surface area is 124 Å². The fraction of sp³-hybridized carbons (Fsp3) is 0.286. The highest BCUT2D eigenvalue weighted by atomic mass is 79.9. The van der Waals surface area contributed by atoms with Crippen LogP contribution in [0.1, 0.15) is 0 Å². The van der Waals surface area contributed by atoms with Crippen molar-refractivity contribution in [2.24, 2.45) is 0 Å². The van der Waals surface area contributed by atoms with Crippen LogP contribution in [0.25, 0.3) is 21.8 Å². The lowest BCUT2D eigenvalue weighted by atomic mass is 10.1. The summed E-state index contributed by atoms with van der Waals surface area (Å²) in [6.45, 7) is 3.82. The molecule has 1 aromatic carbocycles. The van der Waals surface area contributed by atoms with E-state index in [1.54, 1.807) is 6.26 Å². The molecular formula is C14H13BrN4O. The molecule has 1 saturated heterocycles. The summed E-state index contributed by atoms with van der Waals surface area (Å²) in [7, 11) is 0. The van der Waals surface area contributed by atoms with E-state index in [-0.39, 0.29) is 0 Å². The van der Waals surface area contributed by atoms with Gasteiger partial charge in [-0.1, -0.05) is 27.2 Å². The Balaban J connectivity index is 1.99. The molecule has 0 bridgehead atoms. The highest BCUT2D eigenvalue weighted by Gasteiger charge is 2.19. The number of nitrogens with zero attached hydrogens (tertiary/aromatic N) is 3. The first kappa shape index (κ1) is 12.1. The van der Waals surface area contributed by atoms with Crippen LogP contribution in [0.15, 0.2) is 33.5 Å². The standard InChI is InChI=1S/C14H13BrN4O/c15-9-1-2-10-11-8-20-18-13(11)14(17-12(10)7-9)19-5-3-16-4-6-19/h1-2,7-8,16H,3-6H2. The van der Waals surface area contributed by atoms with Crippen molar-refractivity contribution in [3.05, 3.63) is 28.9 Å². The quantitative estimate of drug-likeness (QED) is 0.742. The summed E-state index contributed by atoms with van der Waals surface area (Å²) in [6.07, 6.45) is 1.71. The van der Waals surface area contributed by atoms with Gasteiger partial charge in [0.2, 0.25) is 0 Å². The van der Waals surface area contributed by atoms with Crippen molar-refractivity contribution in [2.45, 2.75) is 0 Å². The number of rotatable bonds is 1. The van der Waals surface area contributed by atoms with Gasteiger partial charge in [0.15, 0.2) is 11.3 Å². The van der Waals surface area contributed by atoms with Crippen LogP contribution in [0.4, 0.5) is 5.82 Å². The smallest absolute Gasteiger partial charge is 0.159 e. The minimum atomic E-state index is 0.849. The zero-order valence-corrected chi connectivity index (χ0v) is 12.4. The molecule has 1 aliphatic heterocycles. The van der Waals surface area contributed by atoms with Gasteiger partial charge < -0.3 is 14.7 Å². The van der Waals surface area contributed by atoms with Crippen molar-refractivity contribution in [3.63, 3.8) is 0 Å². The van der Waals surface area contributed by atoms with E-state index in [0.717, 1.165) is 58.3 Å². The summed E-state index contributed by atoms with van der Waals surface area (Å²) in [5, 5.41) is 9.60. The maximum Gasteiger partial charge on any atom is 0.159 e. The van der Waals surface area contributed by atoms with Crippen LogP contribution in [0.5, 0.6) is 0 Å². The van der Waals surface area contributed by atoms with E-state index < -0.39 is 0 Å². The van der Waals surface area contributed by atoms with E-state index in [2.05, 4.69) is 31.3 Å². The summed E-state index contributed by atoms with van der Waals surface area (Å²) in [4.78, 5) is 7.07. The molecule has 3 aromatic rings. The molecule has 0 radical (unpaired) electrons. The Bertz CT molecular complexity index is 779. The molecule has 5 nitrogen and oxygen atoms in total. The number of piperazine rings is 1. The minimum Gasteiger partial charge on any atom is -0.363 e. The zero-order chi connectivity index (χ0) is 13.5. The van der Waals surface area contributed by atoms with Crippen LogP contribution in [0.2, 0.25) is 0 Å². The third kappa shape index (κ3) is 1.87. The SMILES string of the molecule is Brc1ccc2c(c1)nc(N1CCNCC1)c1nocc12. The lowest BCUT2D eigenvalue weighted by Crippen LogP contribution is -2.44. The second kappa shape index (κ2) is 4.71. The van der Waals surface area contributed by atoms with Crippen LogP contribution >= 0.6 is 15.9 Å². The van der Waals surface area contributed by atoms with E-state index in [1.807, 2.05) is 18.2 Å². The molecule has 0 atom stereocenters. The maximum atomic E-state index is 5.19. The van der Waals surface area contributed by atoms with Gasteiger partial charge >= 0.3 is 0 Å². The number of fused-ring (bicyclic) bond motifs is 3. The highest BCUT2D eigenvalue weighted by molar-refractivity contribution is 9.10. The second-order valence-corrected chi connectivity index (χ2v) is 5.83. The van der Waals surface area contributed by atoms with Crippen molar-refractivity contribution in [3.8, 4) is 0 Å². The summed E-state index contributed by atoms with van der Waals surface area (Å²) in [6, 6.07) is 6.10. The number of hydrogen-bond donors (Lipinski definition) is 1. The number of hydrogen-bond acceptors (Lipinski definition) is 5. The van der Waals surface area contributed by atoms with E-state index in [0.29, 0.717) is 0 Å².